The Morgan fingerprint density at radius 3 is 2.89 bits per heavy atom. The summed E-state index contributed by atoms with van der Waals surface area (Å²) in [6.45, 7) is 6.33. The van der Waals surface area contributed by atoms with Gasteiger partial charge in [0.25, 0.3) is 0 Å². The van der Waals surface area contributed by atoms with Crippen LogP contribution in [0.2, 0.25) is 0 Å². The average molecular weight is 377 g/mol. The summed E-state index contributed by atoms with van der Waals surface area (Å²) in [6, 6.07) is 12.1. The molecule has 0 saturated carbocycles. The number of carbonyl (C=O) groups is 1. The van der Waals surface area contributed by atoms with E-state index in [1.807, 2.05) is 26.0 Å². The fourth-order valence-electron chi connectivity index (χ4n) is 3.49. The van der Waals surface area contributed by atoms with E-state index in [4.69, 9.17) is 0 Å². The van der Waals surface area contributed by atoms with Gasteiger partial charge in [-0.3, -0.25) is 0 Å². The molecule has 3 aromatic rings. The summed E-state index contributed by atoms with van der Waals surface area (Å²) in [6.07, 6.45) is 2.59. The molecule has 2 heterocycles. The van der Waals surface area contributed by atoms with Gasteiger partial charge in [-0.25, -0.2) is 9.48 Å². The zero-order valence-corrected chi connectivity index (χ0v) is 16.0. The van der Waals surface area contributed by atoms with Crippen molar-refractivity contribution in [3.63, 3.8) is 0 Å². The Balaban J connectivity index is 1.37. The highest BCUT2D eigenvalue weighted by molar-refractivity contribution is 5.90. The van der Waals surface area contributed by atoms with Crippen molar-refractivity contribution in [1.29, 1.82) is 0 Å². The fraction of sp³-hybridized carbons (Fsp3) is 0.300. The maximum Gasteiger partial charge on any atom is 0.319 e. The number of benzene rings is 2. The molecular formula is C20H23N7O. The number of nitrogens with zero attached hydrogens (tertiary/aromatic N) is 5. The molecule has 0 unspecified atom stereocenters. The molecule has 1 aliphatic heterocycles. The monoisotopic (exact) mass is 377 g/mol. The van der Waals surface area contributed by atoms with Crippen LogP contribution in [-0.2, 0) is 6.42 Å². The third-order valence-electron chi connectivity index (χ3n) is 5.16. The molecular weight excluding hydrogens is 354 g/mol. The first-order chi connectivity index (χ1) is 13.6. The van der Waals surface area contributed by atoms with Crippen LogP contribution in [0.4, 0.5) is 16.2 Å². The molecule has 4 rings (SSSR count). The van der Waals surface area contributed by atoms with Gasteiger partial charge in [0.2, 0.25) is 0 Å². The molecule has 2 aromatic carbocycles. The summed E-state index contributed by atoms with van der Waals surface area (Å²) >= 11 is 0. The van der Waals surface area contributed by atoms with E-state index in [9.17, 15) is 4.79 Å². The fourth-order valence-corrected chi connectivity index (χ4v) is 3.49. The topological polar surface area (TPSA) is 88.0 Å². The molecule has 1 aromatic heterocycles. The van der Waals surface area contributed by atoms with Crippen molar-refractivity contribution < 1.29 is 4.79 Å². The van der Waals surface area contributed by atoms with Gasteiger partial charge in [0.15, 0.2) is 0 Å². The number of urea groups is 1. The van der Waals surface area contributed by atoms with Gasteiger partial charge in [0.05, 0.1) is 5.69 Å². The lowest BCUT2D eigenvalue weighted by Crippen LogP contribution is -2.36. The van der Waals surface area contributed by atoms with Crippen molar-refractivity contribution in [2.45, 2.75) is 20.3 Å². The summed E-state index contributed by atoms with van der Waals surface area (Å²) in [5, 5.41) is 17.1. The van der Waals surface area contributed by atoms with E-state index >= 15 is 0 Å². The number of tetrazole rings is 1. The van der Waals surface area contributed by atoms with Crippen molar-refractivity contribution in [2.24, 2.45) is 0 Å². The van der Waals surface area contributed by atoms with Crippen LogP contribution in [0.15, 0.2) is 42.7 Å². The van der Waals surface area contributed by atoms with Gasteiger partial charge in [-0.1, -0.05) is 18.2 Å². The third-order valence-corrected chi connectivity index (χ3v) is 5.16. The van der Waals surface area contributed by atoms with Crippen LogP contribution in [0.1, 0.15) is 16.7 Å². The molecule has 0 radical (unpaired) electrons. The number of hydrogen-bond donors (Lipinski definition) is 2. The number of carbonyl (C=O) groups excluding carboxylic acids is 1. The first-order valence-electron chi connectivity index (χ1n) is 9.34. The van der Waals surface area contributed by atoms with Crippen molar-refractivity contribution in [3.8, 4) is 5.69 Å². The molecule has 2 amide bonds. The van der Waals surface area contributed by atoms with Gasteiger partial charge >= 0.3 is 6.03 Å². The van der Waals surface area contributed by atoms with E-state index in [-0.39, 0.29) is 6.03 Å². The number of rotatable bonds is 5. The highest BCUT2D eigenvalue weighted by Crippen LogP contribution is 2.26. The summed E-state index contributed by atoms with van der Waals surface area (Å²) in [5.74, 6) is 0. The predicted molar refractivity (Wildman–Crippen MR) is 108 cm³/mol. The van der Waals surface area contributed by atoms with E-state index in [2.05, 4.69) is 55.3 Å². The lowest BCUT2D eigenvalue weighted by molar-refractivity contribution is 0.252. The first kappa shape index (κ1) is 18.0. The molecule has 2 N–H and O–H groups in total. The third kappa shape index (κ3) is 3.66. The Kier molecular flexibility index (Phi) is 4.92. The largest absolute Gasteiger partial charge is 0.369 e. The number of para-hydroxylation sites is 1. The lowest BCUT2D eigenvalue weighted by Gasteiger charge is -2.20. The second kappa shape index (κ2) is 7.67. The van der Waals surface area contributed by atoms with Gasteiger partial charge in [-0.2, -0.15) is 0 Å². The van der Waals surface area contributed by atoms with Gasteiger partial charge in [0, 0.05) is 31.0 Å². The number of anilines is 2. The second-order valence-electron chi connectivity index (χ2n) is 6.94. The minimum Gasteiger partial charge on any atom is -0.369 e. The minimum absolute atomic E-state index is 0.219. The molecule has 144 valence electrons. The Morgan fingerprint density at radius 1 is 1.21 bits per heavy atom. The van der Waals surface area contributed by atoms with E-state index in [0.29, 0.717) is 6.54 Å². The predicted octanol–water partition coefficient (Wildman–Crippen LogP) is 2.46. The number of nitrogens with one attached hydrogen (secondary N) is 2. The normalized spacial score (nSPS) is 12.7. The molecule has 8 heteroatoms. The van der Waals surface area contributed by atoms with Crippen molar-refractivity contribution in [3.05, 3.63) is 59.4 Å². The Hall–Kier alpha value is -3.42. The van der Waals surface area contributed by atoms with Crippen LogP contribution in [0, 0.1) is 13.8 Å². The molecule has 0 bridgehead atoms. The van der Waals surface area contributed by atoms with Crippen LogP contribution in [0.25, 0.3) is 5.69 Å². The van der Waals surface area contributed by atoms with Crippen molar-refractivity contribution in [1.82, 2.24) is 25.5 Å². The van der Waals surface area contributed by atoms with Crippen LogP contribution >= 0.6 is 0 Å². The lowest BCUT2D eigenvalue weighted by atomic mass is 10.1. The average Bonchev–Trinajstić information content (AvgIpc) is 3.36. The van der Waals surface area contributed by atoms with Crippen molar-refractivity contribution >= 4 is 17.4 Å². The highest BCUT2D eigenvalue weighted by Gasteiger charge is 2.18. The van der Waals surface area contributed by atoms with Gasteiger partial charge in [0.1, 0.15) is 6.33 Å². The van der Waals surface area contributed by atoms with Crippen LogP contribution in [0.5, 0.6) is 0 Å². The number of amides is 2. The van der Waals surface area contributed by atoms with Crippen molar-refractivity contribution in [2.75, 3.05) is 29.9 Å². The first-order valence-corrected chi connectivity index (χ1v) is 9.34. The van der Waals surface area contributed by atoms with Gasteiger partial charge in [-0.15, -0.1) is 5.10 Å². The molecule has 0 aliphatic carbocycles. The Bertz CT molecular complexity index is 984. The smallest absolute Gasteiger partial charge is 0.319 e. The van der Waals surface area contributed by atoms with E-state index in [1.165, 1.54) is 17.6 Å². The number of hydrogen-bond acceptors (Lipinski definition) is 5. The number of aromatic nitrogens is 4. The molecule has 0 spiro atoms. The van der Waals surface area contributed by atoms with Crippen LogP contribution in [-0.4, -0.2) is 45.9 Å². The molecule has 8 nitrogen and oxygen atoms in total. The maximum absolute atomic E-state index is 12.4. The Morgan fingerprint density at radius 2 is 2.07 bits per heavy atom. The summed E-state index contributed by atoms with van der Waals surface area (Å²) in [5.41, 5.74) is 6.26. The Labute approximate surface area is 163 Å². The van der Waals surface area contributed by atoms with Gasteiger partial charge in [-0.05, 0) is 65.6 Å². The summed E-state index contributed by atoms with van der Waals surface area (Å²) < 4.78 is 1.57. The standard InChI is InChI=1S/C20H23N7O/c1-14-11-17(27-13-22-24-25-27)12-18(15(14)2)23-20(28)21-8-10-26-9-7-16-5-3-4-6-19(16)26/h3-6,11-13H,7-10H2,1-2H3,(H2,21,23,28). The molecule has 1 aliphatic rings. The van der Waals surface area contributed by atoms with E-state index in [0.717, 1.165) is 42.0 Å². The molecule has 0 fully saturated rings. The number of aryl methyl sites for hydroxylation is 1. The van der Waals surface area contributed by atoms with Gasteiger partial charge < -0.3 is 15.5 Å². The molecule has 0 atom stereocenters. The number of fused-ring (bicyclic) bond motifs is 1. The SMILES string of the molecule is Cc1cc(-n2cnnn2)cc(NC(=O)NCCN2CCc3ccccc32)c1C. The van der Waals surface area contributed by atoms with E-state index < -0.39 is 0 Å². The second-order valence-corrected chi connectivity index (χ2v) is 6.94. The van der Waals surface area contributed by atoms with E-state index in [1.54, 1.807) is 4.68 Å². The van der Waals surface area contributed by atoms with Crippen LogP contribution in [0.3, 0.4) is 0 Å². The quantitative estimate of drug-likeness (QED) is 0.713. The minimum atomic E-state index is -0.219. The summed E-state index contributed by atoms with van der Waals surface area (Å²) in [7, 11) is 0. The van der Waals surface area contributed by atoms with Crippen LogP contribution < -0.4 is 15.5 Å². The zero-order valence-electron chi connectivity index (χ0n) is 16.0. The molecule has 0 saturated heterocycles. The summed E-state index contributed by atoms with van der Waals surface area (Å²) in [4.78, 5) is 14.7. The zero-order chi connectivity index (χ0) is 19.5. The molecule has 28 heavy (non-hydrogen) atoms. The highest BCUT2D eigenvalue weighted by atomic mass is 16.2. The maximum atomic E-state index is 12.4.